The highest BCUT2D eigenvalue weighted by Crippen LogP contribution is 2.75. The quantitative estimate of drug-likeness (QED) is 0.711. The second-order valence-corrected chi connectivity index (χ2v) is 7.19. The summed E-state index contributed by atoms with van der Waals surface area (Å²) < 4.78 is 0. The lowest BCUT2D eigenvalue weighted by molar-refractivity contribution is 0.575. The fourth-order valence-electron chi connectivity index (χ4n) is 5.33. The molecule has 0 aromatic heterocycles. The van der Waals surface area contributed by atoms with Gasteiger partial charge in [-0.2, -0.15) is 0 Å². The van der Waals surface area contributed by atoms with Gasteiger partial charge in [0.15, 0.2) is 0 Å². The van der Waals surface area contributed by atoms with Crippen molar-refractivity contribution in [1.29, 1.82) is 0 Å². The first-order valence-corrected chi connectivity index (χ1v) is 8.96. The minimum Gasteiger partial charge on any atom is -0.351 e. The lowest BCUT2D eigenvalue weighted by Crippen LogP contribution is -2.47. The van der Waals surface area contributed by atoms with Crippen molar-refractivity contribution in [2.24, 2.45) is 5.92 Å². The van der Waals surface area contributed by atoms with Crippen LogP contribution in [0.3, 0.4) is 0 Å². The van der Waals surface area contributed by atoms with Gasteiger partial charge >= 0.3 is 0 Å². The van der Waals surface area contributed by atoms with Crippen molar-refractivity contribution in [2.45, 2.75) is 43.2 Å². The van der Waals surface area contributed by atoms with Crippen molar-refractivity contribution in [1.82, 2.24) is 0 Å². The van der Waals surface area contributed by atoms with Gasteiger partial charge in [0.2, 0.25) is 0 Å². The van der Waals surface area contributed by atoms with Crippen molar-refractivity contribution < 1.29 is 0 Å². The van der Waals surface area contributed by atoms with Crippen LogP contribution in [0.2, 0.25) is 0 Å². The summed E-state index contributed by atoms with van der Waals surface area (Å²) >= 11 is 0. The highest BCUT2D eigenvalue weighted by atomic mass is 15.4. The smallest absolute Gasteiger partial charge is 0.0742 e. The van der Waals surface area contributed by atoms with Crippen LogP contribution in [-0.4, -0.2) is 11.1 Å². The Kier molecular flexibility index (Phi) is 2.38. The third kappa shape index (κ3) is 1.32. The molecule has 1 aromatic rings. The number of para-hydroxylation sites is 1. The molecule has 6 rings (SSSR count). The molecule has 4 aliphatic carbocycles. The van der Waals surface area contributed by atoms with Crippen LogP contribution in [0.1, 0.15) is 32.3 Å². The summed E-state index contributed by atoms with van der Waals surface area (Å²) in [5, 5.41) is 0. The molecular formula is C22H23N. The largest absolute Gasteiger partial charge is 0.351 e. The average Bonchev–Trinajstić information content (AvgIpc) is 3.48. The molecule has 2 saturated carbocycles. The van der Waals surface area contributed by atoms with Gasteiger partial charge in [-0.15, -0.1) is 0 Å². The van der Waals surface area contributed by atoms with Crippen LogP contribution in [-0.2, 0) is 5.41 Å². The van der Waals surface area contributed by atoms with E-state index < -0.39 is 0 Å². The van der Waals surface area contributed by atoms with Gasteiger partial charge in [-0.1, -0.05) is 80.7 Å². The van der Waals surface area contributed by atoms with Gasteiger partial charge < -0.3 is 4.90 Å². The summed E-state index contributed by atoms with van der Waals surface area (Å²) in [7, 11) is 0. The van der Waals surface area contributed by atoms with Gasteiger partial charge in [-0.3, -0.25) is 0 Å². The number of allylic oxidation sites excluding steroid dienone is 4. The number of anilines is 1. The zero-order chi connectivity index (χ0) is 15.7. The van der Waals surface area contributed by atoms with Gasteiger partial charge in [0.05, 0.1) is 11.1 Å². The Morgan fingerprint density at radius 2 is 1.74 bits per heavy atom. The van der Waals surface area contributed by atoms with E-state index in [0.717, 1.165) is 0 Å². The maximum absolute atomic E-state index is 2.76. The third-order valence-electron chi connectivity index (χ3n) is 6.37. The van der Waals surface area contributed by atoms with E-state index in [-0.39, 0.29) is 16.5 Å². The normalized spacial score (nSPS) is 42.2. The zero-order valence-electron chi connectivity index (χ0n) is 13.9. The molecule has 1 heterocycles. The van der Waals surface area contributed by atoms with Crippen LogP contribution >= 0.6 is 0 Å². The third-order valence-corrected chi connectivity index (χ3v) is 6.37. The highest BCUT2D eigenvalue weighted by molar-refractivity contribution is 5.81. The molecule has 0 amide bonds. The van der Waals surface area contributed by atoms with E-state index in [1.165, 1.54) is 24.1 Å². The Labute approximate surface area is 138 Å². The SMILES string of the molecule is C1=CC2CC2(N2c3ccccc3C34C=CC=CC23C4)C=C1.CC. The molecule has 23 heavy (non-hydrogen) atoms. The second kappa shape index (κ2) is 4.08. The molecule has 0 radical (unpaired) electrons. The summed E-state index contributed by atoms with van der Waals surface area (Å²) in [6.45, 7) is 4.00. The first-order valence-electron chi connectivity index (χ1n) is 8.96. The summed E-state index contributed by atoms with van der Waals surface area (Å²) in [5.74, 6) is 0.695. The van der Waals surface area contributed by atoms with E-state index in [2.05, 4.69) is 77.8 Å². The molecule has 4 atom stereocenters. The van der Waals surface area contributed by atoms with Crippen molar-refractivity contribution in [3.05, 3.63) is 78.4 Å². The standard InChI is InChI=1S/C20H17N.C2H6/c1-2-9-17-16(8-1)18-10-5-6-12-20(18,14-18)21(17)19-11-4-3-7-15(19)13-19;1-2/h1-12,15H,13-14H2;1-2H3. The summed E-state index contributed by atoms with van der Waals surface area (Å²) in [5.41, 5.74) is 3.68. The lowest BCUT2D eigenvalue weighted by Gasteiger charge is -2.38. The zero-order valence-corrected chi connectivity index (χ0v) is 13.9. The molecule has 1 nitrogen and oxygen atoms in total. The van der Waals surface area contributed by atoms with Crippen molar-refractivity contribution >= 4 is 5.69 Å². The van der Waals surface area contributed by atoms with E-state index in [1.54, 1.807) is 0 Å². The Morgan fingerprint density at radius 1 is 0.957 bits per heavy atom. The molecule has 1 aromatic carbocycles. The summed E-state index contributed by atoms with van der Waals surface area (Å²) in [6, 6.07) is 9.07. The van der Waals surface area contributed by atoms with Gasteiger partial charge in [-0.25, -0.2) is 0 Å². The predicted molar refractivity (Wildman–Crippen MR) is 96.7 cm³/mol. The number of hydrogen-bond acceptors (Lipinski definition) is 1. The fraction of sp³-hybridized carbons (Fsp3) is 0.364. The van der Waals surface area contributed by atoms with Gasteiger partial charge in [0.1, 0.15) is 0 Å². The Hall–Kier alpha value is -2.02. The number of benzene rings is 1. The molecule has 0 bridgehead atoms. The minimum absolute atomic E-state index is 0.204. The summed E-state index contributed by atoms with van der Waals surface area (Å²) in [4.78, 5) is 2.76. The molecule has 5 aliphatic rings. The first kappa shape index (κ1) is 13.4. The van der Waals surface area contributed by atoms with Gasteiger partial charge in [-0.05, 0) is 24.5 Å². The Bertz CT molecular complexity index is 798. The van der Waals surface area contributed by atoms with Crippen LogP contribution in [0.15, 0.2) is 72.9 Å². The first-order chi connectivity index (χ1) is 11.3. The van der Waals surface area contributed by atoms with Crippen LogP contribution in [0.5, 0.6) is 0 Å². The molecule has 1 aliphatic heterocycles. The fourth-order valence-corrected chi connectivity index (χ4v) is 5.33. The van der Waals surface area contributed by atoms with E-state index in [1.807, 2.05) is 13.8 Å². The molecule has 2 fully saturated rings. The average molecular weight is 301 g/mol. The Morgan fingerprint density at radius 3 is 2.61 bits per heavy atom. The lowest BCUT2D eigenvalue weighted by atomic mass is 9.90. The Balaban J connectivity index is 0.000000587. The number of rotatable bonds is 1. The number of hydrogen-bond donors (Lipinski definition) is 0. The second-order valence-electron chi connectivity index (χ2n) is 7.19. The highest BCUT2D eigenvalue weighted by Gasteiger charge is 2.78. The molecule has 0 saturated heterocycles. The van der Waals surface area contributed by atoms with E-state index >= 15 is 0 Å². The number of fused-ring (bicyclic) bond motifs is 2. The maximum atomic E-state index is 2.76. The minimum atomic E-state index is 0.204. The van der Waals surface area contributed by atoms with Crippen LogP contribution in [0.4, 0.5) is 5.69 Å². The van der Waals surface area contributed by atoms with Crippen LogP contribution in [0.25, 0.3) is 0 Å². The molecule has 4 unspecified atom stereocenters. The van der Waals surface area contributed by atoms with E-state index in [0.29, 0.717) is 5.92 Å². The topological polar surface area (TPSA) is 3.24 Å². The van der Waals surface area contributed by atoms with Crippen LogP contribution in [0, 0.1) is 5.92 Å². The molecular weight excluding hydrogens is 278 g/mol. The molecule has 0 spiro atoms. The van der Waals surface area contributed by atoms with Crippen molar-refractivity contribution in [3.63, 3.8) is 0 Å². The van der Waals surface area contributed by atoms with E-state index in [9.17, 15) is 0 Å². The molecule has 116 valence electrons. The van der Waals surface area contributed by atoms with Gasteiger partial charge in [0, 0.05) is 17.0 Å². The molecule has 0 N–H and O–H groups in total. The maximum Gasteiger partial charge on any atom is 0.0742 e. The number of nitrogens with zero attached hydrogens (tertiary/aromatic N) is 1. The summed E-state index contributed by atoms with van der Waals surface area (Å²) in [6.07, 6.45) is 21.2. The monoisotopic (exact) mass is 301 g/mol. The molecule has 1 heteroatoms. The van der Waals surface area contributed by atoms with Crippen molar-refractivity contribution in [3.8, 4) is 0 Å². The van der Waals surface area contributed by atoms with Crippen molar-refractivity contribution in [2.75, 3.05) is 4.90 Å². The van der Waals surface area contributed by atoms with Gasteiger partial charge in [0.25, 0.3) is 0 Å². The van der Waals surface area contributed by atoms with Crippen LogP contribution < -0.4 is 4.90 Å². The predicted octanol–water partition coefficient (Wildman–Crippen LogP) is 4.92. The van der Waals surface area contributed by atoms with E-state index in [4.69, 9.17) is 0 Å².